The van der Waals surface area contributed by atoms with Gasteiger partial charge in [-0.1, -0.05) is 31.5 Å². The number of rotatable bonds is 7. The summed E-state index contributed by atoms with van der Waals surface area (Å²) >= 11 is 5.78. The van der Waals surface area contributed by atoms with Crippen LogP contribution in [-0.2, 0) is 14.3 Å². The normalized spacial score (nSPS) is 15.0. The van der Waals surface area contributed by atoms with E-state index in [9.17, 15) is 22.8 Å². The lowest BCUT2D eigenvalue weighted by Gasteiger charge is -2.36. The predicted molar refractivity (Wildman–Crippen MR) is 88.1 cm³/mol. The number of halogens is 4. The second-order valence-corrected chi connectivity index (χ2v) is 5.84. The summed E-state index contributed by atoms with van der Waals surface area (Å²) in [5.74, 6) is -3.31. The second-order valence-electron chi connectivity index (χ2n) is 5.40. The summed E-state index contributed by atoms with van der Waals surface area (Å²) in [5, 5.41) is 4.00. The van der Waals surface area contributed by atoms with Gasteiger partial charge in [-0.05, 0) is 31.5 Å². The van der Waals surface area contributed by atoms with Crippen molar-refractivity contribution >= 4 is 29.2 Å². The first-order valence-electron chi connectivity index (χ1n) is 7.67. The molecule has 1 amide bonds. The van der Waals surface area contributed by atoms with Crippen LogP contribution in [0.4, 0.5) is 18.9 Å². The van der Waals surface area contributed by atoms with E-state index in [0.29, 0.717) is 6.42 Å². The second kappa shape index (κ2) is 8.42. The number of hydrogen-bond donors (Lipinski definition) is 2. The minimum Gasteiger partial charge on any atom is -0.463 e. The van der Waals surface area contributed by atoms with Crippen LogP contribution in [0.25, 0.3) is 0 Å². The smallest absolute Gasteiger partial charge is 0.441 e. The molecular weight excluding hydrogens is 361 g/mol. The Bertz CT molecular complexity index is 625. The highest BCUT2D eigenvalue weighted by Gasteiger charge is 2.63. The largest absolute Gasteiger partial charge is 0.463 e. The molecule has 0 aliphatic heterocycles. The first kappa shape index (κ1) is 21.1. The molecule has 0 spiro atoms. The molecule has 2 N–H and O–H groups in total. The van der Waals surface area contributed by atoms with E-state index < -0.39 is 29.6 Å². The number of hydrogen-bond acceptors (Lipinski definition) is 4. The fourth-order valence-electron chi connectivity index (χ4n) is 1.91. The van der Waals surface area contributed by atoms with Crippen LogP contribution in [0.15, 0.2) is 24.3 Å². The van der Waals surface area contributed by atoms with E-state index in [1.54, 1.807) is 12.2 Å². The third-order valence-electron chi connectivity index (χ3n) is 3.53. The highest BCUT2D eigenvalue weighted by molar-refractivity contribution is 6.30. The molecule has 0 heterocycles. The molecule has 1 aromatic rings. The zero-order valence-electron chi connectivity index (χ0n) is 14.0. The number of benzene rings is 1. The number of esters is 1. The maximum Gasteiger partial charge on any atom is 0.441 e. The molecule has 1 aromatic carbocycles. The van der Waals surface area contributed by atoms with Gasteiger partial charge in [0, 0.05) is 16.6 Å². The Morgan fingerprint density at radius 3 is 2.40 bits per heavy atom. The van der Waals surface area contributed by atoms with Gasteiger partial charge in [0.15, 0.2) is 0 Å². The van der Waals surface area contributed by atoms with Gasteiger partial charge < -0.3 is 15.4 Å². The van der Waals surface area contributed by atoms with Gasteiger partial charge in [0.2, 0.25) is 5.91 Å². The number of nitrogens with one attached hydrogen (secondary N) is 2. The third kappa shape index (κ3) is 5.01. The van der Waals surface area contributed by atoms with E-state index in [-0.39, 0.29) is 17.3 Å². The maximum atomic E-state index is 13.9. The Morgan fingerprint density at radius 1 is 1.28 bits per heavy atom. The topological polar surface area (TPSA) is 67.4 Å². The number of alkyl halides is 3. The summed E-state index contributed by atoms with van der Waals surface area (Å²) in [7, 11) is 0. The average molecular weight is 381 g/mol. The van der Waals surface area contributed by atoms with Crippen LogP contribution in [0.2, 0.25) is 5.02 Å². The van der Waals surface area contributed by atoms with Gasteiger partial charge in [-0.2, -0.15) is 13.2 Å². The van der Waals surface area contributed by atoms with E-state index in [1.165, 1.54) is 38.1 Å². The highest BCUT2D eigenvalue weighted by atomic mass is 35.5. The predicted octanol–water partition coefficient (Wildman–Crippen LogP) is 3.74. The molecule has 0 saturated heterocycles. The standard InChI is InChI=1S/C16H20ClF3N2O3/c1-4-10(3)13(23)22-15(16(18,19)20,14(24)25-5-2)21-12-8-6-7-11(17)9-12/h6-10,21H,4-5H2,1-3H3,(H,22,23)/t10-,15+/m0/s1. The third-order valence-corrected chi connectivity index (χ3v) is 3.77. The van der Waals surface area contributed by atoms with Crippen LogP contribution in [0.3, 0.4) is 0 Å². The molecule has 5 nitrogen and oxygen atoms in total. The summed E-state index contributed by atoms with van der Waals surface area (Å²) in [5.41, 5.74) is -3.52. The molecule has 0 aliphatic rings. The van der Waals surface area contributed by atoms with Gasteiger partial charge in [-0.25, -0.2) is 4.79 Å². The van der Waals surface area contributed by atoms with Gasteiger partial charge in [0.05, 0.1) is 6.61 Å². The Morgan fingerprint density at radius 2 is 1.92 bits per heavy atom. The van der Waals surface area contributed by atoms with E-state index in [0.717, 1.165) is 0 Å². The molecule has 0 fully saturated rings. The number of amides is 1. The van der Waals surface area contributed by atoms with Gasteiger partial charge in [0.25, 0.3) is 0 Å². The summed E-state index contributed by atoms with van der Waals surface area (Å²) in [4.78, 5) is 24.3. The van der Waals surface area contributed by atoms with Crippen LogP contribution in [0.5, 0.6) is 0 Å². The summed E-state index contributed by atoms with van der Waals surface area (Å²) < 4.78 is 46.1. The summed E-state index contributed by atoms with van der Waals surface area (Å²) in [6.45, 7) is 4.19. The molecule has 0 unspecified atom stereocenters. The number of anilines is 1. The van der Waals surface area contributed by atoms with Crippen molar-refractivity contribution in [3.8, 4) is 0 Å². The Kier molecular flexibility index (Phi) is 7.10. The van der Waals surface area contributed by atoms with Gasteiger partial charge in [-0.15, -0.1) is 0 Å². The summed E-state index contributed by atoms with van der Waals surface area (Å²) in [6, 6.07) is 5.37. The molecular formula is C16H20ClF3N2O3. The van der Waals surface area contributed by atoms with Gasteiger partial charge in [0.1, 0.15) is 0 Å². The Hall–Kier alpha value is -1.96. The molecule has 25 heavy (non-hydrogen) atoms. The first-order valence-corrected chi connectivity index (χ1v) is 8.04. The van der Waals surface area contributed by atoms with E-state index in [4.69, 9.17) is 11.6 Å². The van der Waals surface area contributed by atoms with Crippen LogP contribution < -0.4 is 10.6 Å². The maximum absolute atomic E-state index is 13.9. The van der Waals surface area contributed by atoms with Crippen molar-refractivity contribution in [3.63, 3.8) is 0 Å². The average Bonchev–Trinajstić information content (AvgIpc) is 2.52. The fraction of sp³-hybridized carbons (Fsp3) is 0.500. The minimum atomic E-state index is -5.16. The van der Waals surface area contributed by atoms with Crippen LogP contribution in [0.1, 0.15) is 27.2 Å². The minimum absolute atomic E-state index is 0.0951. The Balaban J connectivity index is 3.39. The highest BCUT2D eigenvalue weighted by Crippen LogP contribution is 2.34. The van der Waals surface area contributed by atoms with Crippen LogP contribution >= 0.6 is 11.6 Å². The Labute approximate surface area is 148 Å². The van der Waals surface area contributed by atoms with Gasteiger partial charge >= 0.3 is 17.8 Å². The molecule has 0 saturated carbocycles. The van der Waals surface area contributed by atoms with E-state index in [1.807, 2.05) is 0 Å². The SMILES string of the molecule is CCOC(=O)[C@](NC(=O)[C@@H](C)CC)(Nc1cccc(Cl)c1)C(F)(F)F. The van der Waals surface area contributed by atoms with Crippen molar-refractivity contribution < 1.29 is 27.5 Å². The van der Waals surface area contributed by atoms with Crippen molar-refractivity contribution in [3.05, 3.63) is 29.3 Å². The monoisotopic (exact) mass is 380 g/mol. The lowest BCUT2D eigenvalue weighted by Crippen LogP contribution is -2.70. The van der Waals surface area contributed by atoms with Crippen molar-refractivity contribution in [2.24, 2.45) is 5.92 Å². The molecule has 0 radical (unpaired) electrons. The fourth-order valence-corrected chi connectivity index (χ4v) is 2.10. The van der Waals surface area contributed by atoms with Crippen molar-refractivity contribution in [2.45, 2.75) is 39.0 Å². The number of carbonyl (C=O) groups excluding carboxylic acids is 2. The van der Waals surface area contributed by atoms with E-state index >= 15 is 0 Å². The van der Waals surface area contributed by atoms with E-state index in [2.05, 4.69) is 10.1 Å². The van der Waals surface area contributed by atoms with Crippen molar-refractivity contribution in [1.82, 2.24) is 5.32 Å². The van der Waals surface area contributed by atoms with Crippen molar-refractivity contribution in [2.75, 3.05) is 11.9 Å². The van der Waals surface area contributed by atoms with Crippen LogP contribution in [-0.4, -0.2) is 30.3 Å². The molecule has 9 heteroatoms. The first-order chi connectivity index (χ1) is 11.6. The zero-order valence-corrected chi connectivity index (χ0v) is 14.8. The van der Waals surface area contributed by atoms with Crippen LogP contribution in [0, 0.1) is 5.92 Å². The zero-order chi connectivity index (χ0) is 19.3. The summed E-state index contributed by atoms with van der Waals surface area (Å²) in [6.07, 6.45) is -4.86. The molecule has 0 aromatic heterocycles. The number of carbonyl (C=O) groups is 2. The van der Waals surface area contributed by atoms with Gasteiger partial charge in [-0.3, -0.25) is 4.79 Å². The van der Waals surface area contributed by atoms with Crippen molar-refractivity contribution in [1.29, 1.82) is 0 Å². The number of ether oxygens (including phenoxy) is 1. The molecule has 1 rings (SSSR count). The molecule has 0 aliphatic carbocycles. The lowest BCUT2D eigenvalue weighted by atomic mass is 10.0. The quantitative estimate of drug-likeness (QED) is 0.558. The molecule has 0 bridgehead atoms. The lowest BCUT2D eigenvalue weighted by molar-refractivity contribution is -0.208. The molecule has 140 valence electrons. The molecule has 2 atom stereocenters.